The Morgan fingerprint density at radius 3 is 2.44 bits per heavy atom. The zero-order chi connectivity index (χ0) is 19.8. The second-order valence-electron chi connectivity index (χ2n) is 5.06. The fourth-order valence-electron chi connectivity index (χ4n) is 2.03. The van der Waals surface area contributed by atoms with Crippen LogP contribution in [0.25, 0.3) is 0 Å². The van der Waals surface area contributed by atoms with Crippen LogP contribution in [-0.2, 0) is 4.79 Å². The number of methoxy groups -OCH3 is 2. The number of hydrazone groups is 1. The molecule has 142 valence electrons. The minimum absolute atomic E-state index is 0.136. The molecule has 0 spiro atoms. The lowest BCUT2D eigenvalue weighted by Crippen LogP contribution is -2.24. The summed E-state index contributed by atoms with van der Waals surface area (Å²) in [6, 6.07) is 9.09. The van der Waals surface area contributed by atoms with E-state index in [9.17, 15) is 14.9 Å². The van der Waals surface area contributed by atoms with Crippen molar-refractivity contribution in [2.75, 3.05) is 20.8 Å². The minimum atomic E-state index is -0.589. The van der Waals surface area contributed by atoms with Gasteiger partial charge in [-0.2, -0.15) is 5.10 Å². The van der Waals surface area contributed by atoms with E-state index in [4.69, 9.17) is 25.8 Å². The first-order chi connectivity index (χ1) is 12.9. The standard InChI is InChI=1S/C17H16ClN3O6/c1-25-15-7-11(14(21(23)24)8-16(15)26-2)9-19-20-17(22)10-27-13-5-3-12(18)4-6-13/h3-9H,10H2,1-2H3,(H,20,22)/b19-9+. The van der Waals surface area contributed by atoms with Gasteiger partial charge < -0.3 is 14.2 Å². The predicted molar refractivity (Wildman–Crippen MR) is 98.9 cm³/mol. The van der Waals surface area contributed by atoms with Crippen molar-refractivity contribution < 1.29 is 23.9 Å². The number of benzene rings is 2. The summed E-state index contributed by atoms with van der Waals surface area (Å²) in [5, 5.41) is 15.5. The molecule has 0 saturated carbocycles. The molecule has 0 heterocycles. The number of nitro groups is 1. The van der Waals surface area contributed by atoms with Gasteiger partial charge in [0.2, 0.25) is 0 Å². The third-order valence-electron chi connectivity index (χ3n) is 3.31. The van der Waals surface area contributed by atoms with Crippen LogP contribution in [0.15, 0.2) is 41.5 Å². The molecular formula is C17H16ClN3O6. The topological polar surface area (TPSA) is 112 Å². The van der Waals surface area contributed by atoms with Gasteiger partial charge in [-0.1, -0.05) is 11.6 Å². The second-order valence-corrected chi connectivity index (χ2v) is 5.50. The summed E-state index contributed by atoms with van der Waals surface area (Å²) < 4.78 is 15.4. The molecule has 0 atom stereocenters. The Kier molecular flexibility index (Phi) is 6.95. The van der Waals surface area contributed by atoms with E-state index in [0.29, 0.717) is 16.5 Å². The van der Waals surface area contributed by atoms with E-state index < -0.39 is 10.8 Å². The average molecular weight is 394 g/mol. The van der Waals surface area contributed by atoms with Gasteiger partial charge in [0.15, 0.2) is 18.1 Å². The normalized spacial score (nSPS) is 10.5. The van der Waals surface area contributed by atoms with Crippen LogP contribution in [0.5, 0.6) is 17.2 Å². The minimum Gasteiger partial charge on any atom is -0.493 e. The second kappa shape index (κ2) is 9.39. The number of nitrogens with one attached hydrogen (secondary N) is 1. The van der Waals surface area contributed by atoms with Gasteiger partial charge in [0, 0.05) is 5.02 Å². The average Bonchev–Trinajstić information content (AvgIpc) is 2.66. The molecule has 0 aliphatic rings. The quantitative estimate of drug-likeness (QED) is 0.419. The lowest BCUT2D eigenvalue weighted by Gasteiger charge is -2.08. The molecule has 10 heteroatoms. The molecule has 0 aliphatic heterocycles. The van der Waals surface area contributed by atoms with E-state index in [-0.39, 0.29) is 23.6 Å². The largest absolute Gasteiger partial charge is 0.493 e. The van der Waals surface area contributed by atoms with Crippen LogP contribution in [0.3, 0.4) is 0 Å². The Balaban J connectivity index is 2.02. The van der Waals surface area contributed by atoms with Crippen molar-refractivity contribution in [3.8, 4) is 17.2 Å². The van der Waals surface area contributed by atoms with Crippen LogP contribution in [0.2, 0.25) is 5.02 Å². The summed E-state index contributed by atoms with van der Waals surface area (Å²) in [6.07, 6.45) is 1.14. The summed E-state index contributed by atoms with van der Waals surface area (Å²) in [5.41, 5.74) is 2.12. The number of carbonyl (C=O) groups excluding carboxylic acids is 1. The number of hydrogen-bond donors (Lipinski definition) is 1. The Labute approximate surface area is 159 Å². The molecule has 0 unspecified atom stereocenters. The smallest absolute Gasteiger partial charge is 0.282 e. The highest BCUT2D eigenvalue weighted by molar-refractivity contribution is 6.30. The van der Waals surface area contributed by atoms with E-state index in [1.165, 1.54) is 26.4 Å². The zero-order valence-corrected chi connectivity index (χ0v) is 15.2. The van der Waals surface area contributed by atoms with Crippen LogP contribution >= 0.6 is 11.6 Å². The van der Waals surface area contributed by atoms with E-state index in [2.05, 4.69) is 10.5 Å². The third kappa shape index (κ3) is 5.58. The molecule has 1 N–H and O–H groups in total. The molecule has 0 aliphatic carbocycles. The lowest BCUT2D eigenvalue weighted by molar-refractivity contribution is -0.385. The first-order valence-electron chi connectivity index (χ1n) is 7.55. The van der Waals surface area contributed by atoms with Gasteiger partial charge in [0.1, 0.15) is 5.75 Å². The number of halogens is 1. The number of amides is 1. The molecule has 0 bridgehead atoms. The van der Waals surface area contributed by atoms with E-state index in [1.54, 1.807) is 24.3 Å². The number of nitrogens with zero attached hydrogens (tertiary/aromatic N) is 2. The summed E-state index contributed by atoms with van der Waals surface area (Å²) >= 11 is 5.76. The Morgan fingerprint density at radius 1 is 1.22 bits per heavy atom. The molecule has 0 saturated heterocycles. The first-order valence-corrected chi connectivity index (χ1v) is 7.93. The van der Waals surface area contributed by atoms with Gasteiger partial charge in [-0.3, -0.25) is 14.9 Å². The third-order valence-corrected chi connectivity index (χ3v) is 3.56. The van der Waals surface area contributed by atoms with Crippen molar-refractivity contribution in [3.05, 3.63) is 57.1 Å². The van der Waals surface area contributed by atoms with E-state index >= 15 is 0 Å². The van der Waals surface area contributed by atoms with Crippen LogP contribution < -0.4 is 19.6 Å². The first kappa shape index (κ1) is 20.0. The molecule has 27 heavy (non-hydrogen) atoms. The van der Waals surface area contributed by atoms with Crippen LogP contribution in [-0.4, -0.2) is 37.9 Å². The summed E-state index contributed by atoms with van der Waals surface area (Å²) in [5.74, 6) is 0.432. The Hall–Kier alpha value is -3.33. The van der Waals surface area contributed by atoms with Crippen molar-refractivity contribution >= 4 is 29.4 Å². The van der Waals surface area contributed by atoms with Crippen molar-refractivity contribution in [1.29, 1.82) is 0 Å². The monoisotopic (exact) mass is 393 g/mol. The fraction of sp³-hybridized carbons (Fsp3) is 0.176. The van der Waals surface area contributed by atoms with Gasteiger partial charge in [-0.15, -0.1) is 0 Å². The van der Waals surface area contributed by atoms with Crippen LogP contribution in [0.1, 0.15) is 5.56 Å². The van der Waals surface area contributed by atoms with Crippen molar-refractivity contribution in [2.24, 2.45) is 5.10 Å². The van der Waals surface area contributed by atoms with Crippen molar-refractivity contribution in [3.63, 3.8) is 0 Å². The van der Waals surface area contributed by atoms with Gasteiger partial charge in [-0.05, 0) is 30.3 Å². The molecule has 1 amide bonds. The van der Waals surface area contributed by atoms with Crippen LogP contribution in [0, 0.1) is 10.1 Å². The molecular weight excluding hydrogens is 378 g/mol. The molecule has 0 fully saturated rings. The number of hydrogen-bond acceptors (Lipinski definition) is 7. The summed E-state index contributed by atoms with van der Waals surface area (Å²) in [6.45, 7) is -0.285. The van der Waals surface area contributed by atoms with Gasteiger partial charge >= 0.3 is 0 Å². The van der Waals surface area contributed by atoms with Gasteiger partial charge in [-0.25, -0.2) is 5.43 Å². The van der Waals surface area contributed by atoms with Crippen molar-refractivity contribution in [1.82, 2.24) is 5.43 Å². The van der Waals surface area contributed by atoms with E-state index in [1.807, 2.05) is 0 Å². The summed E-state index contributed by atoms with van der Waals surface area (Å²) in [4.78, 5) is 22.4. The number of rotatable bonds is 8. The Bertz CT molecular complexity index is 854. The maximum atomic E-state index is 11.8. The highest BCUT2D eigenvalue weighted by Gasteiger charge is 2.18. The molecule has 2 aromatic carbocycles. The molecule has 2 rings (SSSR count). The highest BCUT2D eigenvalue weighted by atomic mass is 35.5. The zero-order valence-electron chi connectivity index (χ0n) is 14.5. The molecule has 9 nitrogen and oxygen atoms in total. The van der Waals surface area contributed by atoms with E-state index in [0.717, 1.165) is 6.21 Å². The molecule has 0 radical (unpaired) electrons. The SMILES string of the molecule is COc1cc(/C=N/NC(=O)COc2ccc(Cl)cc2)c([N+](=O)[O-])cc1OC. The van der Waals surface area contributed by atoms with Gasteiger partial charge in [0.25, 0.3) is 11.6 Å². The molecule has 2 aromatic rings. The summed E-state index contributed by atoms with van der Waals surface area (Å²) in [7, 11) is 2.77. The maximum Gasteiger partial charge on any atom is 0.282 e. The lowest BCUT2D eigenvalue weighted by atomic mass is 10.1. The molecule has 0 aromatic heterocycles. The van der Waals surface area contributed by atoms with Gasteiger partial charge in [0.05, 0.1) is 37.0 Å². The predicted octanol–water partition coefficient (Wildman–Crippen LogP) is 2.79. The number of nitro benzene ring substituents is 1. The Morgan fingerprint density at radius 2 is 1.85 bits per heavy atom. The number of carbonyl (C=O) groups is 1. The number of ether oxygens (including phenoxy) is 3. The maximum absolute atomic E-state index is 11.8. The fourth-order valence-corrected chi connectivity index (χ4v) is 2.16. The van der Waals surface area contributed by atoms with Crippen molar-refractivity contribution in [2.45, 2.75) is 0 Å². The highest BCUT2D eigenvalue weighted by Crippen LogP contribution is 2.33. The van der Waals surface area contributed by atoms with Crippen LogP contribution in [0.4, 0.5) is 5.69 Å².